The lowest BCUT2D eigenvalue weighted by Crippen LogP contribution is -2.39. The molecule has 2 aromatic rings. The quantitative estimate of drug-likeness (QED) is 0.851. The maximum absolute atomic E-state index is 13.5. The van der Waals surface area contributed by atoms with E-state index in [0.717, 1.165) is 0 Å². The van der Waals surface area contributed by atoms with Crippen molar-refractivity contribution in [1.29, 1.82) is 0 Å². The van der Waals surface area contributed by atoms with Crippen LogP contribution in [0.15, 0.2) is 48.5 Å². The zero-order valence-electron chi connectivity index (χ0n) is 12.5. The Bertz CT molecular complexity index is 666. The van der Waals surface area contributed by atoms with E-state index in [1.807, 2.05) is 6.07 Å². The molecular weight excluding hydrogens is 321 g/mol. The van der Waals surface area contributed by atoms with Gasteiger partial charge in [0.25, 0.3) is 5.91 Å². The zero-order valence-corrected chi connectivity index (χ0v) is 13.3. The van der Waals surface area contributed by atoms with Crippen LogP contribution in [0.4, 0.5) is 4.39 Å². The molecule has 0 radical (unpaired) electrons. The van der Waals surface area contributed by atoms with E-state index in [2.05, 4.69) is 5.32 Å². The fraction of sp³-hybridized carbons (Fsp3) is 0.235. The Labute approximate surface area is 138 Å². The number of hydrogen-bond donors (Lipinski definition) is 2. The number of ether oxygens (including phenoxy) is 1. The number of carbonyl (C=O) groups is 1. The number of halogens is 2. The smallest absolute Gasteiger partial charge is 0.261 e. The van der Waals surface area contributed by atoms with E-state index in [9.17, 15) is 14.3 Å². The zero-order chi connectivity index (χ0) is 16.8. The molecule has 0 fully saturated rings. The summed E-state index contributed by atoms with van der Waals surface area (Å²) in [5, 5.41) is 12.1. The maximum Gasteiger partial charge on any atom is 0.261 e. The summed E-state index contributed by atoms with van der Waals surface area (Å²) in [6.45, 7) is 1.23. The molecule has 4 nitrogen and oxygen atoms in total. The number of rotatable bonds is 6. The molecule has 2 rings (SSSR count). The second-order valence-corrected chi connectivity index (χ2v) is 5.40. The van der Waals surface area contributed by atoms with E-state index < -0.39 is 23.9 Å². The van der Waals surface area contributed by atoms with E-state index in [-0.39, 0.29) is 11.6 Å². The van der Waals surface area contributed by atoms with Crippen molar-refractivity contribution in [2.75, 3.05) is 6.61 Å². The summed E-state index contributed by atoms with van der Waals surface area (Å²) in [4.78, 5) is 12.2. The van der Waals surface area contributed by atoms with Crippen LogP contribution in [0.25, 0.3) is 0 Å². The Morgan fingerprint density at radius 3 is 2.61 bits per heavy atom. The first kappa shape index (κ1) is 17.2. The fourth-order valence-electron chi connectivity index (χ4n) is 2.01. The summed E-state index contributed by atoms with van der Waals surface area (Å²) in [6.07, 6.45) is -0.761. The SMILES string of the molecule is CC(Oc1ccccc1)C(=O)NC(CO)c1ccc(Cl)c(F)c1. The number of nitrogens with one attached hydrogen (secondary N) is 1. The van der Waals surface area contributed by atoms with Crippen molar-refractivity contribution in [1.82, 2.24) is 5.32 Å². The fourth-order valence-corrected chi connectivity index (χ4v) is 2.13. The molecule has 0 aromatic heterocycles. The van der Waals surface area contributed by atoms with E-state index in [1.54, 1.807) is 37.3 Å². The first-order valence-electron chi connectivity index (χ1n) is 7.09. The summed E-state index contributed by atoms with van der Waals surface area (Å²) in [6, 6.07) is 12.3. The third kappa shape index (κ3) is 4.68. The summed E-state index contributed by atoms with van der Waals surface area (Å²) in [7, 11) is 0. The number of carbonyl (C=O) groups excluding carboxylic acids is 1. The van der Waals surface area contributed by atoms with Crippen molar-refractivity contribution in [2.45, 2.75) is 19.1 Å². The van der Waals surface area contributed by atoms with Crippen molar-refractivity contribution in [3.05, 3.63) is 64.9 Å². The van der Waals surface area contributed by atoms with Crippen LogP contribution in [0.1, 0.15) is 18.5 Å². The van der Waals surface area contributed by atoms with Gasteiger partial charge in [-0.1, -0.05) is 35.9 Å². The van der Waals surface area contributed by atoms with Crippen LogP contribution in [0.2, 0.25) is 5.02 Å². The van der Waals surface area contributed by atoms with Crippen LogP contribution < -0.4 is 10.1 Å². The molecule has 0 aliphatic heterocycles. The molecule has 0 aliphatic carbocycles. The Morgan fingerprint density at radius 2 is 2.00 bits per heavy atom. The van der Waals surface area contributed by atoms with Crippen LogP contribution >= 0.6 is 11.6 Å². The summed E-state index contributed by atoms with van der Waals surface area (Å²) in [5.41, 5.74) is 0.426. The van der Waals surface area contributed by atoms with Gasteiger partial charge in [0.05, 0.1) is 17.7 Å². The van der Waals surface area contributed by atoms with Gasteiger partial charge >= 0.3 is 0 Å². The normalized spacial score (nSPS) is 13.2. The third-order valence-corrected chi connectivity index (χ3v) is 3.58. The molecular formula is C17H17ClFNO3. The van der Waals surface area contributed by atoms with Crippen molar-refractivity contribution < 1.29 is 19.0 Å². The molecule has 0 saturated heterocycles. The highest BCUT2D eigenvalue weighted by atomic mass is 35.5. The second kappa shape index (κ2) is 7.94. The molecule has 1 amide bonds. The molecule has 0 aliphatic rings. The molecule has 0 spiro atoms. The Morgan fingerprint density at radius 1 is 1.30 bits per heavy atom. The predicted octanol–water partition coefficient (Wildman–Crippen LogP) is 3.10. The standard InChI is InChI=1S/C17H17ClFNO3/c1-11(23-13-5-3-2-4-6-13)17(22)20-16(10-21)12-7-8-14(18)15(19)9-12/h2-9,11,16,21H,10H2,1H3,(H,20,22). The monoisotopic (exact) mass is 337 g/mol. The summed E-state index contributed by atoms with van der Waals surface area (Å²) < 4.78 is 19.0. The van der Waals surface area contributed by atoms with Crippen molar-refractivity contribution in [2.24, 2.45) is 0 Å². The minimum atomic E-state index is -0.761. The molecule has 0 saturated carbocycles. The lowest BCUT2D eigenvalue weighted by Gasteiger charge is -2.20. The molecule has 0 bridgehead atoms. The van der Waals surface area contributed by atoms with Crippen molar-refractivity contribution >= 4 is 17.5 Å². The van der Waals surface area contributed by atoms with Crippen LogP contribution in [0.3, 0.4) is 0 Å². The Hall–Kier alpha value is -2.11. The average molecular weight is 338 g/mol. The van der Waals surface area contributed by atoms with Gasteiger partial charge < -0.3 is 15.2 Å². The summed E-state index contributed by atoms with van der Waals surface area (Å²) >= 11 is 5.63. The van der Waals surface area contributed by atoms with Gasteiger partial charge in [0.1, 0.15) is 11.6 Å². The Kier molecular flexibility index (Phi) is 5.96. The van der Waals surface area contributed by atoms with Crippen molar-refractivity contribution in [3.63, 3.8) is 0 Å². The van der Waals surface area contributed by atoms with E-state index in [4.69, 9.17) is 16.3 Å². The van der Waals surface area contributed by atoms with E-state index >= 15 is 0 Å². The lowest BCUT2D eigenvalue weighted by molar-refractivity contribution is -0.128. The maximum atomic E-state index is 13.5. The first-order chi connectivity index (χ1) is 11.0. The molecule has 2 unspecified atom stereocenters. The predicted molar refractivity (Wildman–Crippen MR) is 85.9 cm³/mol. The van der Waals surface area contributed by atoms with Crippen LogP contribution in [0.5, 0.6) is 5.75 Å². The molecule has 0 heterocycles. The van der Waals surface area contributed by atoms with E-state index in [1.165, 1.54) is 12.1 Å². The molecule has 2 atom stereocenters. The van der Waals surface area contributed by atoms with Gasteiger partial charge in [-0.15, -0.1) is 0 Å². The number of para-hydroxylation sites is 1. The number of hydrogen-bond acceptors (Lipinski definition) is 3. The highest BCUT2D eigenvalue weighted by Crippen LogP contribution is 2.20. The van der Waals surface area contributed by atoms with Gasteiger partial charge in [-0.2, -0.15) is 0 Å². The first-order valence-corrected chi connectivity index (χ1v) is 7.47. The second-order valence-electron chi connectivity index (χ2n) is 4.99. The minimum absolute atomic E-state index is 0.0162. The largest absolute Gasteiger partial charge is 0.481 e. The molecule has 6 heteroatoms. The Balaban J connectivity index is 2.02. The van der Waals surface area contributed by atoms with E-state index in [0.29, 0.717) is 11.3 Å². The van der Waals surface area contributed by atoms with Crippen LogP contribution in [-0.2, 0) is 4.79 Å². The van der Waals surface area contributed by atoms with Crippen LogP contribution in [0, 0.1) is 5.82 Å². The summed E-state index contributed by atoms with van der Waals surface area (Å²) in [5.74, 6) is -0.457. The molecule has 2 aromatic carbocycles. The molecule has 122 valence electrons. The van der Waals surface area contributed by atoms with Gasteiger partial charge in [0, 0.05) is 0 Å². The molecule has 2 N–H and O–H groups in total. The highest BCUT2D eigenvalue weighted by Gasteiger charge is 2.20. The molecule has 23 heavy (non-hydrogen) atoms. The van der Waals surface area contributed by atoms with Gasteiger partial charge in [-0.3, -0.25) is 4.79 Å². The number of aliphatic hydroxyl groups excluding tert-OH is 1. The highest BCUT2D eigenvalue weighted by molar-refractivity contribution is 6.30. The minimum Gasteiger partial charge on any atom is -0.481 e. The average Bonchev–Trinajstić information content (AvgIpc) is 2.56. The van der Waals surface area contributed by atoms with Gasteiger partial charge in [0.2, 0.25) is 0 Å². The number of amides is 1. The number of aliphatic hydroxyl groups is 1. The lowest BCUT2D eigenvalue weighted by atomic mass is 10.1. The number of benzene rings is 2. The third-order valence-electron chi connectivity index (χ3n) is 3.27. The van der Waals surface area contributed by atoms with Gasteiger partial charge in [-0.25, -0.2) is 4.39 Å². The van der Waals surface area contributed by atoms with Crippen molar-refractivity contribution in [3.8, 4) is 5.75 Å². The van der Waals surface area contributed by atoms with Gasteiger partial charge in [0.15, 0.2) is 6.10 Å². The topological polar surface area (TPSA) is 58.6 Å². The van der Waals surface area contributed by atoms with Gasteiger partial charge in [-0.05, 0) is 36.8 Å². The van der Waals surface area contributed by atoms with Crippen LogP contribution in [-0.4, -0.2) is 23.7 Å².